The number of carboxylic acids is 1. The first-order chi connectivity index (χ1) is 13.9. The van der Waals surface area contributed by atoms with Crippen LogP contribution >= 0.6 is 0 Å². The standard InChI is InChI=1S/C23H21N3O3/c1-23(2,22(28)29)26-20(16-10-4-3-5-11-16)17-12-6-7-13-18(17)25-21(27)19-14-8-9-15-24-19/h3-15H,1-2H3,(H,25,27)(H,28,29). The van der Waals surface area contributed by atoms with Gasteiger partial charge in [-0.2, -0.15) is 0 Å². The van der Waals surface area contributed by atoms with Gasteiger partial charge in [0.2, 0.25) is 0 Å². The van der Waals surface area contributed by atoms with Gasteiger partial charge >= 0.3 is 5.97 Å². The summed E-state index contributed by atoms with van der Waals surface area (Å²) in [7, 11) is 0. The highest BCUT2D eigenvalue weighted by Crippen LogP contribution is 2.24. The van der Waals surface area contributed by atoms with Crippen LogP contribution in [0.2, 0.25) is 0 Å². The number of nitrogens with one attached hydrogen (secondary N) is 1. The average molecular weight is 387 g/mol. The number of rotatable bonds is 6. The maximum atomic E-state index is 12.6. The van der Waals surface area contributed by atoms with Crippen LogP contribution in [-0.2, 0) is 4.79 Å². The molecule has 0 aliphatic rings. The topological polar surface area (TPSA) is 91.7 Å². The van der Waals surface area contributed by atoms with Gasteiger partial charge in [0.05, 0.1) is 11.4 Å². The van der Waals surface area contributed by atoms with Gasteiger partial charge in [-0.05, 0) is 32.0 Å². The molecule has 3 aromatic rings. The first-order valence-corrected chi connectivity index (χ1v) is 9.09. The van der Waals surface area contributed by atoms with E-state index >= 15 is 0 Å². The fourth-order valence-corrected chi connectivity index (χ4v) is 2.69. The number of amides is 1. The molecule has 6 heteroatoms. The van der Waals surface area contributed by atoms with Gasteiger partial charge in [-0.3, -0.25) is 14.8 Å². The lowest BCUT2D eigenvalue weighted by Gasteiger charge is -2.19. The number of hydrogen-bond donors (Lipinski definition) is 2. The highest BCUT2D eigenvalue weighted by Gasteiger charge is 2.28. The molecule has 0 saturated carbocycles. The first kappa shape index (κ1) is 19.9. The second kappa shape index (κ2) is 8.48. The van der Waals surface area contributed by atoms with Crippen LogP contribution in [0.25, 0.3) is 0 Å². The minimum Gasteiger partial charge on any atom is -0.479 e. The predicted molar refractivity (Wildman–Crippen MR) is 112 cm³/mol. The van der Waals surface area contributed by atoms with Crippen molar-refractivity contribution in [2.45, 2.75) is 19.4 Å². The molecule has 0 bridgehead atoms. The molecule has 29 heavy (non-hydrogen) atoms. The second-order valence-electron chi connectivity index (χ2n) is 6.91. The van der Waals surface area contributed by atoms with E-state index in [1.54, 1.807) is 42.6 Å². The number of aliphatic imine (C=N–C) groups is 1. The zero-order valence-corrected chi connectivity index (χ0v) is 16.2. The van der Waals surface area contributed by atoms with E-state index in [-0.39, 0.29) is 11.6 Å². The number of carbonyl (C=O) groups excluding carboxylic acids is 1. The zero-order valence-electron chi connectivity index (χ0n) is 16.2. The molecular formula is C23H21N3O3. The van der Waals surface area contributed by atoms with Gasteiger partial charge in [-0.1, -0.05) is 54.6 Å². The third-order valence-electron chi connectivity index (χ3n) is 4.29. The summed E-state index contributed by atoms with van der Waals surface area (Å²) in [4.78, 5) is 32.9. The summed E-state index contributed by atoms with van der Waals surface area (Å²) >= 11 is 0. The lowest BCUT2D eigenvalue weighted by atomic mass is 9.98. The van der Waals surface area contributed by atoms with Crippen LogP contribution in [0.4, 0.5) is 5.69 Å². The normalized spacial score (nSPS) is 11.7. The number of carboxylic acid groups (broad SMARTS) is 1. The Hall–Kier alpha value is -3.80. The van der Waals surface area contributed by atoms with Gasteiger partial charge in [-0.25, -0.2) is 4.79 Å². The van der Waals surface area contributed by atoms with E-state index in [1.807, 2.05) is 36.4 Å². The lowest BCUT2D eigenvalue weighted by molar-refractivity contribution is -0.141. The fourth-order valence-electron chi connectivity index (χ4n) is 2.69. The molecule has 3 rings (SSSR count). The van der Waals surface area contributed by atoms with Crippen LogP contribution in [0.5, 0.6) is 0 Å². The minimum atomic E-state index is -1.34. The van der Waals surface area contributed by atoms with E-state index in [2.05, 4.69) is 15.3 Å². The smallest absolute Gasteiger partial charge is 0.331 e. The van der Waals surface area contributed by atoms with Crippen molar-refractivity contribution in [2.24, 2.45) is 4.99 Å². The highest BCUT2D eigenvalue weighted by atomic mass is 16.4. The van der Waals surface area contributed by atoms with E-state index in [1.165, 1.54) is 13.8 Å². The summed E-state index contributed by atoms with van der Waals surface area (Å²) in [5, 5.41) is 12.4. The number of benzene rings is 2. The lowest BCUT2D eigenvalue weighted by Crippen LogP contribution is -2.31. The van der Waals surface area contributed by atoms with Crippen LogP contribution in [0.15, 0.2) is 84.0 Å². The van der Waals surface area contributed by atoms with Gasteiger partial charge in [0.15, 0.2) is 5.54 Å². The Balaban J connectivity index is 2.09. The summed E-state index contributed by atoms with van der Waals surface area (Å²) in [6.45, 7) is 3.07. The molecule has 146 valence electrons. The van der Waals surface area contributed by atoms with Crippen molar-refractivity contribution >= 4 is 23.3 Å². The molecule has 0 aliphatic carbocycles. The van der Waals surface area contributed by atoms with Crippen molar-refractivity contribution in [1.82, 2.24) is 4.98 Å². The largest absolute Gasteiger partial charge is 0.479 e. The van der Waals surface area contributed by atoms with Crippen LogP contribution in [0, 0.1) is 0 Å². The van der Waals surface area contributed by atoms with Crippen molar-refractivity contribution in [3.63, 3.8) is 0 Å². The molecule has 1 amide bonds. The Morgan fingerprint density at radius 2 is 1.59 bits per heavy atom. The van der Waals surface area contributed by atoms with Crippen LogP contribution in [0.1, 0.15) is 35.5 Å². The Kier molecular flexibility index (Phi) is 5.83. The molecule has 0 radical (unpaired) electrons. The van der Waals surface area contributed by atoms with Crippen LogP contribution in [-0.4, -0.2) is 33.2 Å². The number of aromatic nitrogens is 1. The third-order valence-corrected chi connectivity index (χ3v) is 4.29. The summed E-state index contributed by atoms with van der Waals surface area (Å²) < 4.78 is 0. The fraction of sp³-hybridized carbons (Fsp3) is 0.130. The van der Waals surface area contributed by atoms with Crippen LogP contribution < -0.4 is 5.32 Å². The highest BCUT2D eigenvalue weighted by molar-refractivity contribution is 6.18. The monoisotopic (exact) mass is 387 g/mol. The quantitative estimate of drug-likeness (QED) is 0.625. The van der Waals surface area contributed by atoms with Crippen molar-refractivity contribution in [3.8, 4) is 0 Å². The number of aliphatic carboxylic acids is 1. The maximum Gasteiger partial charge on any atom is 0.331 e. The Morgan fingerprint density at radius 3 is 2.24 bits per heavy atom. The number of carbonyl (C=O) groups is 2. The molecule has 0 fully saturated rings. The molecule has 1 aromatic heterocycles. The Bertz CT molecular complexity index is 1050. The molecule has 2 aromatic carbocycles. The summed E-state index contributed by atoms with van der Waals surface area (Å²) in [6.07, 6.45) is 1.55. The zero-order chi connectivity index (χ0) is 20.9. The molecule has 0 unspecified atom stereocenters. The van der Waals surface area contributed by atoms with E-state index in [9.17, 15) is 14.7 Å². The van der Waals surface area contributed by atoms with Crippen molar-refractivity contribution in [3.05, 3.63) is 95.8 Å². The van der Waals surface area contributed by atoms with Crippen molar-refractivity contribution in [1.29, 1.82) is 0 Å². The number of pyridine rings is 1. The summed E-state index contributed by atoms with van der Waals surface area (Å²) in [5.41, 5.74) is 1.32. The average Bonchev–Trinajstić information content (AvgIpc) is 2.74. The second-order valence-corrected chi connectivity index (χ2v) is 6.91. The van der Waals surface area contributed by atoms with Crippen molar-refractivity contribution in [2.75, 3.05) is 5.32 Å². The molecule has 0 saturated heterocycles. The van der Waals surface area contributed by atoms with E-state index in [4.69, 9.17) is 0 Å². The molecule has 0 spiro atoms. The van der Waals surface area contributed by atoms with Gasteiger partial charge in [0.1, 0.15) is 5.69 Å². The van der Waals surface area contributed by atoms with Gasteiger partial charge in [-0.15, -0.1) is 0 Å². The van der Waals surface area contributed by atoms with E-state index < -0.39 is 11.5 Å². The first-order valence-electron chi connectivity index (χ1n) is 9.09. The molecule has 0 aliphatic heterocycles. The Labute approximate surface area is 169 Å². The van der Waals surface area contributed by atoms with Gasteiger partial charge in [0, 0.05) is 17.3 Å². The predicted octanol–water partition coefficient (Wildman–Crippen LogP) is 4.03. The number of hydrogen-bond acceptors (Lipinski definition) is 4. The molecular weight excluding hydrogens is 366 g/mol. The van der Waals surface area contributed by atoms with E-state index in [0.717, 1.165) is 5.56 Å². The summed E-state index contributed by atoms with van der Waals surface area (Å²) in [6, 6.07) is 21.6. The molecule has 1 heterocycles. The number of para-hydroxylation sites is 1. The SMILES string of the molecule is CC(C)(N=C(c1ccccc1)c1ccccc1NC(=O)c1ccccn1)C(=O)O. The maximum absolute atomic E-state index is 12.6. The third kappa shape index (κ3) is 4.73. The number of nitrogens with zero attached hydrogens (tertiary/aromatic N) is 2. The van der Waals surface area contributed by atoms with E-state index in [0.29, 0.717) is 17.0 Å². The number of anilines is 1. The molecule has 6 nitrogen and oxygen atoms in total. The molecule has 0 atom stereocenters. The Morgan fingerprint density at radius 1 is 0.931 bits per heavy atom. The van der Waals surface area contributed by atoms with Gasteiger partial charge in [0.25, 0.3) is 5.91 Å². The molecule has 2 N–H and O–H groups in total. The van der Waals surface area contributed by atoms with Gasteiger partial charge < -0.3 is 10.4 Å². The minimum absolute atomic E-state index is 0.284. The van der Waals surface area contributed by atoms with Crippen LogP contribution in [0.3, 0.4) is 0 Å². The summed E-state index contributed by atoms with van der Waals surface area (Å²) in [5.74, 6) is -1.40. The van der Waals surface area contributed by atoms with Crippen molar-refractivity contribution < 1.29 is 14.7 Å².